The van der Waals surface area contributed by atoms with Gasteiger partial charge in [0.15, 0.2) is 0 Å². The minimum Gasteiger partial charge on any atom is -0.464 e. The molecule has 0 saturated heterocycles. The first-order chi connectivity index (χ1) is 10.1. The SMILES string of the molecule is CCOC(=O)[C@@H]1CC(C)=CN1C(=O)OCc1ccccc1. The Morgan fingerprint density at radius 2 is 1.95 bits per heavy atom. The molecule has 0 bridgehead atoms. The Morgan fingerprint density at radius 1 is 1.24 bits per heavy atom. The lowest BCUT2D eigenvalue weighted by molar-refractivity contribution is -0.147. The van der Waals surface area contributed by atoms with E-state index in [4.69, 9.17) is 9.47 Å². The quantitative estimate of drug-likeness (QED) is 0.800. The van der Waals surface area contributed by atoms with Gasteiger partial charge in [0, 0.05) is 12.6 Å². The van der Waals surface area contributed by atoms with E-state index in [0.29, 0.717) is 13.0 Å². The van der Waals surface area contributed by atoms with E-state index in [2.05, 4.69) is 0 Å². The summed E-state index contributed by atoms with van der Waals surface area (Å²) < 4.78 is 10.2. The van der Waals surface area contributed by atoms with Crippen molar-refractivity contribution >= 4 is 12.1 Å². The van der Waals surface area contributed by atoms with Crippen molar-refractivity contribution in [2.24, 2.45) is 0 Å². The van der Waals surface area contributed by atoms with Crippen LogP contribution in [0, 0.1) is 0 Å². The Bertz CT molecular complexity index is 538. The fraction of sp³-hybridized carbons (Fsp3) is 0.375. The molecular weight excluding hydrogens is 270 g/mol. The Balaban J connectivity index is 1.97. The summed E-state index contributed by atoms with van der Waals surface area (Å²) in [7, 11) is 0. The molecule has 5 nitrogen and oxygen atoms in total. The Morgan fingerprint density at radius 3 is 2.62 bits per heavy atom. The zero-order valence-electron chi connectivity index (χ0n) is 12.2. The molecule has 5 heteroatoms. The van der Waals surface area contributed by atoms with Crippen molar-refractivity contribution < 1.29 is 19.1 Å². The highest BCUT2D eigenvalue weighted by Crippen LogP contribution is 2.23. The standard InChI is InChI=1S/C16H19NO4/c1-3-20-15(18)14-9-12(2)10-17(14)16(19)21-11-13-7-5-4-6-8-13/h4-8,10,14H,3,9,11H2,1-2H3/t14-/m0/s1. The van der Waals surface area contributed by atoms with E-state index in [1.807, 2.05) is 37.3 Å². The zero-order valence-corrected chi connectivity index (χ0v) is 12.2. The van der Waals surface area contributed by atoms with Crippen LogP contribution in [0.5, 0.6) is 0 Å². The van der Waals surface area contributed by atoms with Crippen LogP contribution in [-0.4, -0.2) is 29.6 Å². The molecule has 0 saturated carbocycles. The molecule has 1 aliphatic rings. The van der Waals surface area contributed by atoms with Crippen molar-refractivity contribution in [2.75, 3.05) is 6.61 Å². The van der Waals surface area contributed by atoms with Crippen LogP contribution in [0.25, 0.3) is 0 Å². The lowest BCUT2D eigenvalue weighted by atomic mass is 10.1. The highest BCUT2D eigenvalue weighted by molar-refractivity contribution is 5.83. The van der Waals surface area contributed by atoms with Crippen molar-refractivity contribution in [3.63, 3.8) is 0 Å². The summed E-state index contributed by atoms with van der Waals surface area (Å²) in [4.78, 5) is 25.3. The molecule has 1 aromatic carbocycles. The lowest BCUT2D eigenvalue weighted by Crippen LogP contribution is -2.40. The summed E-state index contributed by atoms with van der Waals surface area (Å²) in [5.41, 5.74) is 1.85. The molecule has 112 valence electrons. The first-order valence-corrected chi connectivity index (χ1v) is 6.94. The van der Waals surface area contributed by atoms with E-state index in [-0.39, 0.29) is 6.61 Å². The number of esters is 1. The van der Waals surface area contributed by atoms with Crippen molar-refractivity contribution in [2.45, 2.75) is 32.9 Å². The van der Waals surface area contributed by atoms with Gasteiger partial charge >= 0.3 is 12.1 Å². The maximum atomic E-state index is 12.1. The molecule has 0 spiro atoms. The van der Waals surface area contributed by atoms with Gasteiger partial charge in [-0.05, 0) is 19.4 Å². The van der Waals surface area contributed by atoms with Crippen molar-refractivity contribution in [1.29, 1.82) is 0 Å². The number of ether oxygens (including phenoxy) is 2. The average molecular weight is 289 g/mol. The maximum Gasteiger partial charge on any atom is 0.414 e. The van der Waals surface area contributed by atoms with Gasteiger partial charge in [-0.1, -0.05) is 35.9 Å². The summed E-state index contributed by atoms with van der Waals surface area (Å²) in [5.74, 6) is -0.401. The second-order valence-corrected chi connectivity index (χ2v) is 4.89. The number of carbonyl (C=O) groups is 2. The summed E-state index contributed by atoms with van der Waals surface area (Å²) in [6.07, 6.45) is 1.60. The highest BCUT2D eigenvalue weighted by Gasteiger charge is 2.35. The number of carbonyl (C=O) groups excluding carboxylic acids is 2. The third-order valence-electron chi connectivity index (χ3n) is 3.19. The van der Waals surface area contributed by atoms with Crippen LogP contribution in [0.2, 0.25) is 0 Å². The second-order valence-electron chi connectivity index (χ2n) is 4.89. The largest absolute Gasteiger partial charge is 0.464 e. The molecule has 0 unspecified atom stereocenters. The minimum absolute atomic E-state index is 0.179. The molecule has 0 aliphatic carbocycles. The molecule has 1 atom stereocenters. The van der Waals surface area contributed by atoms with Crippen LogP contribution in [0.3, 0.4) is 0 Å². The van der Waals surface area contributed by atoms with E-state index >= 15 is 0 Å². The van der Waals surface area contributed by atoms with Gasteiger partial charge in [0.25, 0.3) is 0 Å². The van der Waals surface area contributed by atoms with Gasteiger partial charge in [0.1, 0.15) is 12.6 Å². The van der Waals surface area contributed by atoms with Crippen molar-refractivity contribution in [3.05, 3.63) is 47.7 Å². The molecule has 0 radical (unpaired) electrons. The smallest absolute Gasteiger partial charge is 0.414 e. The van der Waals surface area contributed by atoms with Crippen molar-refractivity contribution in [3.8, 4) is 0 Å². The lowest BCUT2D eigenvalue weighted by Gasteiger charge is -2.21. The van der Waals surface area contributed by atoms with Gasteiger partial charge in [0.05, 0.1) is 6.61 Å². The summed E-state index contributed by atoms with van der Waals surface area (Å²) in [6.45, 7) is 4.09. The van der Waals surface area contributed by atoms with Gasteiger partial charge in [-0.3, -0.25) is 4.90 Å². The van der Waals surface area contributed by atoms with Crippen molar-refractivity contribution in [1.82, 2.24) is 4.90 Å². The number of hydrogen-bond acceptors (Lipinski definition) is 4. The fourth-order valence-electron chi connectivity index (χ4n) is 2.19. The predicted molar refractivity (Wildman–Crippen MR) is 77.3 cm³/mol. The molecule has 1 heterocycles. The van der Waals surface area contributed by atoms with E-state index < -0.39 is 18.1 Å². The number of benzene rings is 1. The van der Waals surface area contributed by atoms with Crippen LogP contribution >= 0.6 is 0 Å². The normalized spacial score (nSPS) is 17.3. The molecule has 0 aromatic heterocycles. The molecule has 0 fully saturated rings. The van der Waals surface area contributed by atoms with Crippen LogP contribution in [-0.2, 0) is 20.9 Å². The first-order valence-electron chi connectivity index (χ1n) is 6.94. The zero-order chi connectivity index (χ0) is 15.2. The van der Waals surface area contributed by atoms with Gasteiger partial charge in [-0.15, -0.1) is 0 Å². The van der Waals surface area contributed by atoms with E-state index in [1.54, 1.807) is 13.1 Å². The number of amides is 1. The average Bonchev–Trinajstić information content (AvgIpc) is 2.88. The first kappa shape index (κ1) is 15.1. The fourth-order valence-corrected chi connectivity index (χ4v) is 2.19. The maximum absolute atomic E-state index is 12.1. The molecule has 1 aromatic rings. The van der Waals surface area contributed by atoms with E-state index in [0.717, 1.165) is 11.1 Å². The number of hydrogen-bond donors (Lipinski definition) is 0. The van der Waals surface area contributed by atoms with Gasteiger partial charge in [0.2, 0.25) is 0 Å². The third-order valence-corrected chi connectivity index (χ3v) is 3.19. The second kappa shape index (κ2) is 6.92. The van der Waals surface area contributed by atoms with Gasteiger partial charge < -0.3 is 9.47 Å². The van der Waals surface area contributed by atoms with Gasteiger partial charge in [-0.2, -0.15) is 0 Å². The van der Waals surface area contributed by atoms with Crippen LogP contribution < -0.4 is 0 Å². The van der Waals surface area contributed by atoms with E-state index in [9.17, 15) is 9.59 Å². The summed E-state index contributed by atoms with van der Waals surface area (Å²) in [6, 6.07) is 8.79. The molecule has 0 N–H and O–H groups in total. The topological polar surface area (TPSA) is 55.8 Å². The minimum atomic E-state index is -0.617. The van der Waals surface area contributed by atoms with Crippen LogP contribution in [0.1, 0.15) is 25.8 Å². The van der Waals surface area contributed by atoms with Crippen LogP contribution in [0.15, 0.2) is 42.1 Å². The Labute approximate surface area is 124 Å². The number of rotatable bonds is 4. The van der Waals surface area contributed by atoms with Crippen LogP contribution in [0.4, 0.5) is 4.79 Å². The third kappa shape index (κ3) is 3.84. The molecule has 2 rings (SSSR count). The molecular formula is C16H19NO4. The number of nitrogens with zero attached hydrogens (tertiary/aromatic N) is 1. The summed E-state index contributed by atoms with van der Waals surface area (Å²) in [5, 5.41) is 0. The molecule has 1 amide bonds. The molecule has 21 heavy (non-hydrogen) atoms. The molecule has 1 aliphatic heterocycles. The Kier molecular flexibility index (Phi) is 4.98. The summed E-state index contributed by atoms with van der Waals surface area (Å²) >= 11 is 0. The highest BCUT2D eigenvalue weighted by atomic mass is 16.6. The van der Waals surface area contributed by atoms with E-state index in [1.165, 1.54) is 4.90 Å². The monoisotopic (exact) mass is 289 g/mol. The predicted octanol–water partition coefficient (Wildman–Crippen LogP) is 2.86. The Hall–Kier alpha value is -2.30. The van der Waals surface area contributed by atoms with Gasteiger partial charge in [-0.25, -0.2) is 9.59 Å².